The molecule has 1 aromatic heterocycles. The highest BCUT2D eigenvalue weighted by atomic mass is 79.9. The van der Waals surface area contributed by atoms with Crippen molar-refractivity contribution in [2.75, 3.05) is 7.11 Å². The van der Waals surface area contributed by atoms with Gasteiger partial charge in [-0.25, -0.2) is 9.78 Å². The molecule has 0 aliphatic carbocycles. The van der Waals surface area contributed by atoms with Crippen molar-refractivity contribution < 1.29 is 9.53 Å². The van der Waals surface area contributed by atoms with Crippen molar-refractivity contribution in [3.63, 3.8) is 0 Å². The molecule has 0 atom stereocenters. The monoisotopic (exact) mass is 227 g/mol. The first-order valence-electron chi connectivity index (χ1n) is 3.35. The molecule has 0 unspecified atom stereocenters. The number of hydrogen-bond acceptors (Lipinski definition) is 3. The minimum Gasteiger partial charge on any atom is -0.465 e. The Kier molecular flexibility index (Phi) is 2.86. The predicted molar refractivity (Wildman–Crippen MR) is 51.5 cm³/mol. The Morgan fingerprint density at radius 3 is 3.00 bits per heavy atom. The molecule has 62 valence electrons. The number of ether oxygens (including phenoxy) is 1. The Morgan fingerprint density at radius 2 is 2.42 bits per heavy atom. The summed E-state index contributed by atoms with van der Waals surface area (Å²) in [5, 5.41) is 0. The zero-order valence-electron chi connectivity index (χ0n) is 6.80. The maximum Gasteiger partial charge on any atom is 0.337 e. The van der Waals surface area contributed by atoms with Gasteiger partial charge in [0.25, 0.3) is 0 Å². The minimum atomic E-state index is -0.337. The summed E-state index contributed by atoms with van der Waals surface area (Å²) >= 11 is 3.17. The van der Waals surface area contributed by atoms with Gasteiger partial charge in [0.2, 0.25) is 0 Å². The molecule has 1 aromatic rings. The summed E-state index contributed by atoms with van der Waals surface area (Å²) in [6.07, 6.45) is 1.62. The highest BCUT2D eigenvalue weighted by Crippen LogP contribution is 2.06. The van der Waals surface area contributed by atoms with Gasteiger partial charge in [-0.1, -0.05) is 5.46 Å². The van der Waals surface area contributed by atoms with Crippen LogP contribution in [0.2, 0.25) is 0 Å². The number of rotatable bonds is 1. The quantitative estimate of drug-likeness (QED) is 0.382. The largest absolute Gasteiger partial charge is 0.465 e. The molecule has 1 rings (SSSR count). The van der Waals surface area contributed by atoms with E-state index in [0.29, 0.717) is 10.2 Å². The Morgan fingerprint density at radius 1 is 1.75 bits per heavy atom. The number of carbonyl (C=O) groups is 1. The fourth-order valence-electron chi connectivity index (χ4n) is 0.828. The van der Waals surface area contributed by atoms with E-state index < -0.39 is 0 Å². The van der Waals surface area contributed by atoms with Crippen molar-refractivity contribution in [1.29, 1.82) is 0 Å². The van der Waals surface area contributed by atoms with Crippen LogP contribution in [0.5, 0.6) is 0 Å². The zero-order chi connectivity index (χ0) is 9.14. The molecule has 0 saturated carbocycles. The first kappa shape index (κ1) is 9.25. The van der Waals surface area contributed by atoms with Crippen LogP contribution in [0.15, 0.2) is 16.9 Å². The van der Waals surface area contributed by atoms with E-state index in [1.807, 2.05) is 7.85 Å². The van der Waals surface area contributed by atoms with Gasteiger partial charge < -0.3 is 4.74 Å². The smallest absolute Gasteiger partial charge is 0.337 e. The molecule has 0 aliphatic heterocycles. The van der Waals surface area contributed by atoms with Crippen LogP contribution in [0.3, 0.4) is 0 Å². The van der Waals surface area contributed by atoms with E-state index in [1.54, 1.807) is 12.3 Å². The Balaban J connectivity index is 3.13. The van der Waals surface area contributed by atoms with Gasteiger partial charge >= 0.3 is 5.97 Å². The van der Waals surface area contributed by atoms with Crippen LogP contribution in [0.1, 0.15) is 10.4 Å². The molecule has 0 amide bonds. The first-order valence-corrected chi connectivity index (χ1v) is 4.15. The Hall–Kier alpha value is -0.835. The molecule has 0 N–H and O–H groups in total. The fourth-order valence-corrected chi connectivity index (χ4v) is 1.16. The zero-order valence-corrected chi connectivity index (χ0v) is 8.38. The van der Waals surface area contributed by atoms with Crippen LogP contribution >= 0.6 is 15.9 Å². The normalized spacial score (nSPS) is 9.50. The molecule has 0 aliphatic rings. The van der Waals surface area contributed by atoms with Crippen molar-refractivity contribution in [2.45, 2.75) is 0 Å². The van der Waals surface area contributed by atoms with Crippen LogP contribution in [-0.2, 0) is 4.74 Å². The summed E-state index contributed by atoms with van der Waals surface area (Å²) in [4.78, 5) is 15.1. The number of aromatic nitrogens is 1. The van der Waals surface area contributed by atoms with Crippen molar-refractivity contribution >= 4 is 35.2 Å². The topological polar surface area (TPSA) is 39.2 Å². The second-order valence-electron chi connectivity index (χ2n) is 2.31. The summed E-state index contributed by atoms with van der Waals surface area (Å²) in [6, 6.07) is 1.64. The number of methoxy groups -OCH3 is 1. The van der Waals surface area contributed by atoms with E-state index in [2.05, 4.69) is 25.7 Å². The second-order valence-corrected chi connectivity index (χ2v) is 3.13. The molecule has 0 bridgehead atoms. The van der Waals surface area contributed by atoms with E-state index in [4.69, 9.17) is 0 Å². The van der Waals surface area contributed by atoms with Gasteiger partial charge in [0.1, 0.15) is 12.4 Å². The molecule has 1 heterocycles. The van der Waals surface area contributed by atoms with Crippen LogP contribution in [0, 0.1) is 0 Å². The van der Waals surface area contributed by atoms with Crippen LogP contribution in [0.4, 0.5) is 0 Å². The second kappa shape index (κ2) is 3.71. The summed E-state index contributed by atoms with van der Waals surface area (Å²) in [5.41, 5.74) is 1.35. The number of halogens is 1. The number of hydrogen-bond donors (Lipinski definition) is 0. The van der Waals surface area contributed by atoms with Crippen molar-refractivity contribution in [1.82, 2.24) is 4.98 Å². The molecule has 0 spiro atoms. The van der Waals surface area contributed by atoms with Crippen LogP contribution in [-0.4, -0.2) is 25.9 Å². The molecular weight excluding hydrogens is 221 g/mol. The molecule has 3 nitrogen and oxygen atoms in total. The third-order valence-electron chi connectivity index (χ3n) is 1.48. The maximum absolute atomic E-state index is 11.1. The Bertz CT molecular complexity index is 316. The lowest BCUT2D eigenvalue weighted by molar-refractivity contribution is 0.0602. The molecule has 12 heavy (non-hydrogen) atoms. The Labute approximate surface area is 79.7 Å². The van der Waals surface area contributed by atoms with Gasteiger partial charge in [0.15, 0.2) is 0 Å². The highest BCUT2D eigenvalue weighted by molar-refractivity contribution is 9.10. The highest BCUT2D eigenvalue weighted by Gasteiger charge is 2.08. The SMILES string of the molecule is Bc1cnc(Br)cc1C(=O)OC. The summed E-state index contributed by atoms with van der Waals surface area (Å²) in [5.74, 6) is -0.337. The molecule has 0 fully saturated rings. The average Bonchev–Trinajstić information content (AvgIpc) is 2.08. The molecule has 0 aromatic carbocycles. The molecule has 5 heteroatoms. The van der Waals surface area contributed by atoms with Gasteiger partial charge in [-0.15, -0.1) is 0 Å². The predicted octanol–water partition coefficient (Wildman–Crippen LogP) is -0.111. The van der Waals surface area contributed by atoms with Crippen LogP contribution < -0.4 is 5.46 Å². The van der Waals surface area contributed by atoms with Crippen LogP contribution in [0.25, 0.3) is 0 Å². The van der Waals surface area contributed by atoms with E-state index in [0.717, 1.165) is 5.46 Å². The summed E-state index contributed by atoms with van der Waals surface area (Å²) < 4.78 is 5.22. The number of pyridine rings is 1. The minimum absolute atomic E-state index is 0.337. The summed E-state index contributed by atoms with van der Waals surface area (Å²) in [6.45, 7) is 0. The van der Waals surface area contributed by atoms with E-state index in [1.165, 1.54) is 7.11 Å². The van der Waals surface area contributed by atoms with Crippen molar-refractivity contribution in [3.05, 3.63) is 22.4 Å². The number of nitrogens with zero attached hydrogens (tertiary/aromatic N) is 1. The average molecular weight is 228 g/mol. The van der Waals surface area contributed by atoms with E-state index >= 15 is 0 Å². The van der Waals surface area contributed by atoms with E-state index in [-0.39, 0.29) is 5.97 Å². The third-order valence-corrected chi connectivity index (χ3v) is 1.91. The fraction of sp³-hybridized carbons (Fsp3) is 0.143. The third kappa shape index (κ3) is 1.85. The van der Waals surface area contributed by atoms with Crippen molar-refractivity contribution in [2.24, 2.45) is 0 Å². The molecular formula is C7H7BBrNO2. The lowest BCUT2D eigenvalue weighted by atomic mass is 9.93. The first-order chi connectivity index (χ1) is 5.65. The van der Waals surface area contributed by atoms with Crippen molar-refractivity contribution in [3.8, 4) is 0 Å². The van der Waals surface area contributed by atoms with Gasteiger partial charge in [-0.2, -0.15) is 0 Å². The van der Waals surface area contributed by atoms with Gasteiger partial charge in [-0.3, -0.25) is 0 Å². The lowest BCUT2D eigenvalue weighted by Gasteiger charge is -2.02. The number of esters is 1. The maximum atomic E-state index is 11.1. The lowest BCUT2D eigenvalue weighted by Crippen LogP contribution is -2.17. The molecule has 0 saturated heterocycles. The van der Waals surface area contributed by atoms with Gasteiger partial charge in [0.05, 0.1) is 12.7 Å². The molecule has 0 radical (unpaired) electrons. The summed E-state index contributed by atoms with van der Waals surface area (Å²) in [7, 11) is 3.17. The van der Waals surface area contributed by atoms with Gasteiger partial charge in [0, 0.05) is 6.20 Å². The standard InChI is InChI=1S/C7H7BBrNO2/c1-12-7(11)4-2-6(9)10-3-5(4)8/h2-3H,8H2,1H3. The van der Waals surface area contributed by atoms with E-state index in [9.17, 15) is 4.79 Å². The number of carbonyl (C=O) groups excluding carboxylic acids is 1. The van der Waals surface area contributed by atoms with Gasteiger partial charge in [-0.05, 0) is 22.0 Å².